The van der Waals surface area contributed by atoms with Crippen LogP contribution in [0.4, 0.5) is 0 Å². The summed E-state index contributed by atoms with van der Waals surface area (Å²) in [5, 5.41) is 0.546. The summed E-state index contributed by atoms with van der Waals surface area (Å²) in [6.07, 6.45) is 2.32. The number of likely N-dealkylation sites (tertiary alicyclic amines) is 1. The van der Waals surface area contributed by atoms with Gasteiger partial charge in [-0.1, -0.05) is 11.6 Å². The number of benzene rings is 1. The number of piperazine rings is 1. The van der Waals surface area contributed by atoms with Crippen molar-refractivity contribution >= 4 is 23.4 Å². The Hall–Kier alpha value is -1.79. The number of nitrogens with zero attached hydrogens (tertiary/aromatic N) is 3. The highest BCUT2D eigenvalue weighted by Crippen LogP contribution is 2.27. The number of piperidine rings is 1. The summed E-state index contributed by atoms with van der Waals surface area (Å²) in [4.78, 5) is 31.4. The number of carbonyl (C=O) groups is 2. The van der Waals surface area contributed by atoms with Crippen LogP contribution in [0.15, 0.2) is 18.2 Å². The van der Waals surface area contributed by atoms with Crippen LogP contribution in [0.2, 0.25) is 5.02 Å². The molecule has 2 heterocycles. The molecule has 2 aliphatic rings. The molecule has 2 amide bonds. The maximum absolute atomic E-state index is 12.8. The predicted molar refractivity (Wildman–Crippen MR) is 105 cm³/mol. The number of hydrogen-bond acceptors (Lipinski definition) is 4. The molecule has 2 aliphatic heterocycles. The average molecular weight is 394 g/mol. The van der Waals surface area contributed by atoms with Crippen LogP contribution in [0, 0.1) is 5.92 Å². The molecule has 2 fully saturated rings. The van der Waals surface area contributed by atoms with Gasteiger partial charge in [-0.3, -0.25) is 9.59 Å². The quantitative estimate of drug-likeness (QED) is 0.788. The van der Waals surface area contributed by atoms with Gasteiger partial charge in [0, 0.05) is 50.7 Å². The van der Waals surface area contributed by atoms with E-state index in [-0.39, 0.29) is 11.8 Å². The van der Waals surface area contributed by atoms with Crippen molar-refractivity contribution in [2.45, 2.75) is 19.3 Å². The van der Waals surface area contributed by atoms with E-state index in [1.165, 1.54) is 0 Å². The van der Waals surface area contributed by atoms with Gasteiger partial charge in [0.1, 0.15) is 5.75 Å². The largest absolute Gasteiger partial charge is 0.496 e. The van der Waals surface area contributed by atoms with Crippen LogP contribution in [0.3, 0.4) is 0 Å². The molecule has 0 unspecified atom stereocenters. The zero-order chi connectivity index (χ0) is 19.4. The Labute approximate surface area is 166 Å². The van der Waals surface area contributed by atoms with Crippen LogP contribution in [0.25, 0.3) is 0 Å². The second-order valence-corrected chi connectivity index (χ2v) is 7.90. The molecule has 148 valence electrons. The summed E-state index contributed by atoms with van der Waals surface area (Å²) >= 11 is 5.98. The molecule has 0 aromatic heterocycles. The summed E-state index contributed by atoms with van der Waals surface area (Å²) in [5.74, 6) is 1.08. The molecule has 1 aromatic carbocycles. The van der Waals surface area contributed by atoms with E-state index in [9.17, 15) is 9.59 Å². The van der Waals surface area contributed by atoms with Gasteiger partial charge in [0.05, 0.1) is 12.7 Å². The maximum Gasteiger partial charge on any atom is 0.257 e. The first-order valence-corrected chi connectivity index (χ1v) is 9.95. The van der Waals surface area contributed by atoms with E-state index in [1.807, 2.05) is 9.80 Å². The third kappa shape index (κ3) is 4.93. The Morgan fingerprint density at radius 1 is 1.07 bits per heavy atom. The molecule has 0 spiro atoms. The van der Waals surface area contributed by atoms with E-state index < -0.39 is 0 Å². The van der Waals surface area contributed by atoms with Crippen molar-refractivity contribution in [1.29, 1.82) is 0 Å². The first-order valence-electron chi connectivity index (χ1n) is 9.57. The number of hydrogen-bond donors (Lipinski definition) is 0. The Bertz CT molecular complexity index is 681. The number of likely N-dealkylation sites (N-methyl/N-ethyl adjacent to an activating group) is 1. The monoisotopic (exact) mass is 393 g/mol. The Balaban J connectivity index is 1.51. The predicted octanol–water partition coefficient (Wildman–Crippen LogP) is 2.36. The highest BCUT2D eigenvalue weighted by Gasteiger charge is 2.28. The maximum atomic E-state index is 12.8. The molecule has 2 saturated heterocycles. The third-order valence-corrected chi connectivity index (χ3v) is 5.85. The fraction of sp³-hybridized carbons (Fsp3) is 0.600. The highest BCUT2D eigenvalue weighted by atomic mass is 35.5. The van der Waals surface area contributed by atoms with Gasteiger partial charge in [0.15, 0.2) is 0 Å². The Morgan fingerprint density at radius 3 is 2.37 bits per heavy atom. The number of methoxy groups -OCH3 is 1. The van der Waals surface area contributed by atoms with Crippen LogP contribution in [0.1, 0.15) is 29.6 Å². The molecule has 7 heteroatoms. The molecule has 0 atom stereocenters. The van der Waals surface area contributed by atoms with Crippen LogP contribution in [0.5, 0.6) is 5.75 Å². The smallest absolute Gasteiger partial charge is 0.257 e. The average Bonchev–Trinajstić information content (AvgIpc) is 2.68. The molecule has 0 N–H and O–H groups in total. The summed E-state index contributed by atoms with van der Waals surface area (Å²) in [7, 11) is 3.63. The minimum atomic E-state index is -0.0349. The zero-order valence-corrected chi connectivity index (χ0v) is 16.9. The summed E-state index contributed by atoms with van der Waals surface area (Å²) in [6, 6.07) is 5.08. The lowest BCUT2D eigenvalue weighted by Crippen LogP contribution is -2.48. The van der Waals surface area contributed by atoms with E-state index in [1.54, 1.807) is 25.3 Å². The van der Waals surface area contributed by atoms with Gasteiger partial charge in [-0.25, -0.2) is 0 Å². The molecule has 0 aliphatic carbocycles. The van der Waals surface area contributed by atoms with Crippen molar-refractivity contribution in [3.8, 4) is 5.75 Å². The lowest BCUT2D eigenvalue weighted by molar-refractivity contribution is -0.134. The lowest BCUT2D eigenvalue weighted by atomic mass is 9.92. The highest BCUT2D eigenvalue weighted by molar-refractivity contribution is 6.30. The zero-order valence-electron chi connectivity index (χ0n) is 16.1. The van der Waals surface area contributed by atoms with Gasteiger partial charge in [-0.2, -0.15) is 0 Å². The molecule has 27 heavy (non-hydrogen) atoms. The number of ether oxygens (including phenoxy) is 1. The SMILES string of the molecule is COc1cc(Cl)ccc1C(=O)N1CCC(CC(=O)N2CCN(C)CC2)CC1. The fourth-order valence-corrected chi connectivity index (χ4v) is 3.95. The van der Waals surface area contributed by atoms with Gasteiger partial charge < -0.3 is 19.4 Å². The van der Waals surface area contributed by atoms with Crippen LogP contribution < -0.4 is 4.74 Å². The third-order valence-electron chi connectivity index (χ3n) is 5.62. The van der Waals surface area contributed by atoms with E-state index in [0.29, 0.717) is 41.8 Å². The minimum absolute atomic E-state index is 0.0349. The molecule has 0 radical (unpaired) electrons. The topological polar surface area (TPSA) is 53.1 Å². The van der Waals surface area contributed by atoms with Crippen LogP contribution >= 0.6 is 11.6 Å². The van der Waals surface area contributed by atoms with Crippen molar-refractivity contribution in [2.75, 3.05) is 53.4 Å². The second-order valence-electron chi connectivity index (χ2n) is 7.47. The number of carbonyl (C=O) groups excluding carboxylic acids is 2. The van der Waals surface area contributed by atoms with Gasteiger partial charge >= 0.3 is 0 Å². The van der Waals surface area contributed by atoms with Gasteiger partial charge in [-0.15, -0.1) is 0 Å². The number of rotatable bonds is 4. The van der Waals surface area contributed by atoms with Crippen molar-refractivity contribution < 1.29 is 14.3 Å². The summed E-state index contributed by atoms with van der Waals surface area (Å²) in [6.45, 7) is 4.88. The van der Waals surface area contributed by atoms with E-state index >= 15 is 0 Å². The molecule has 1 aromatic rings. The van der Waals surface area contributed by atoms with Gasteiger partial charge in [0.2, 0.25) is 5.91 Å². The van der Waals surface area contributed by atoms with Crippen molar-refractivity contribution in [1.82, 2.24) is 14.7 Å². The lowest BCUT2D eigenvalue weighted by Gasteiger charge is -2.35. The Kier molecular flexibility index (Phi) is 6.60. The normalized spacial score (nSPS) is 19.2. The standard InChI is InChI=1S/C20H28ClN3O3/c1-22-9-11-23(12-10-22)19(25)13-15-5-7-24(8-6-15)20(26)17-4-3-16(21)14-18(17)27-2/h3-4,14-15H,5-13H2,1-2H3. The number of amides is 2. The van der Waals surface area contributed by atoms with E-state index in [4.69, 9.17) is 16.3 Å². The molecule has 0 saturated carbocycles. The second kappa shape index (κ2) is 8.93. The first kappa shape index (κ1) is 20.0. The van der Waals surface area contributed by atoms with Crippen molar-refractivity contribution in [3.63, 3.8) is 0 Å². The van der Waals surface area contributed by atoms with Crippen molar-refractivity contribution in [3.05, 3.63) is 28.8 Å². The number of halogens is 1. The van der Waals surface area contributed by atoms with Gasteiger partial charge in [0.25, 0.3) is 5.91 Å². The molecule has 0 bridgehead atoms. The first-order chi connectivity index (χ1) is 13.0. The van der Waals surface area contributed by atoms with Crippen LogP contribution in [-0.2, 0) is 4.79 Å². The molecular formula is C20H28ClN3O3. The summed E-state index contributed by atoms with van der Waals surface area (Å²) in [5.41, 5.74) is 0.536. The molecule has 3 rings (SSSR count). The molecule has 6 nitrogen and oxygen atoms in total. The van der Waals surface area contributed by atoms with E-state index in [0.717, 1.165) is 39.0 Å². The van der Waals surface area contributed by atoms with Gasteiger partial charge in [-0.05, 0) is 44.0 Å². The molecular weight excluding hydrogens is 366 g/mol. The van der Waals surface area contributed by atoms with Crippen LogP contribution in [-0.4, -0.2) is 79.9 Å². The fourth-order valence-electron chi connectivity index (χ4n) is 3.78. The van der Waals surface area contributed by atoms with E-state index in [2.05, 4.69) is 11.9 Å². The van der Waals surface area contributed by atoms with Crippen molar-refractivity contribution in [2.24, 2.45) is 5.92 Å². The summed E-state index contributed by atoms with van der Waals surface area (Å²) < 4.78 is 5.30. The Morgan fingerprint density at radius 2 is 1.74 bits per heavy atom. The minimum Gasteiger partial charge on any atom is -0.496 e.